The Balaban J connectivity index is 1.03. The minimum absolute atomic E-state index is 0.649. The molecule has 6 rings (SSSR count). The van der Waals surface area contributed by atoms with Crippen molar-refractivity contribution in [1.82, 2.24) is 19.9 Å². The SMILES string of the molecule is c1ccc(-c2nc(SCCOCCSc3nc(-c4ccccc4)c(-c4ccccc4)[nH]3)[nH]c2-c2ccccc2)cc1. The lowest BCUT2D eigenvalue weighted by molar-refractivity contribution is 0.167. The van der Waals surface area contributed by atoms with Crippen LogP contribution >= 0.6 is 23.5 Å². The van der Waals surface area contributed by atoms with Crippen LogP contribution in [-0.2, 0) is 4.74 Å². The monoisotopic (exact) mass is 574 g/mol. The Labute approximate surface area is 248 Å². The maximum Gasteiger partial charge on any atom is 0.166 e. The van der Waals surface area contributed by atoms with E-state index in [2.05, 4.69) is 82.8 Å². The van der Waals surface area contributed by atoms with Crippen LogP contribution in [0.5, 0.6) is 0 Å². The number of aromatic nitrogens is 4. The van der Waals surface area contributed by atoms with Crippen molar-refractivity contribution in [2.24, 2.45) is 0 Å². The summed E-state index contributed by atoms with van der Waals surface area (Å²) in [7, 11) is 0. The van der Waals surface area contributed by atoms with Crippen LogP contribution < -0.4 is 0 Å². The lowest BCUT2D eigenvalue weighted by Crippen LogP contribution is -2.01. The van der Waals surface area contributed by atoms with Crippen LogP contribution in [0.25, 0.3) is 45.0 Å². The highest BCUT2D eigenvalue weighted by atomic mass is 32.2. The maximum atomic E-state index is 5.96. The number of ether oxygens (including phenoxy) is 1. The second-order valence-electron chi connectivity index (χ2n) is 9.30. The molecule has 0 bridgehead atoms. The Morgan fingerprint density at radius 3 is 1.17 bits per heavy atom. The van der Waals surface area contributed by atoms with Gasteiger partial charge in [0.2, 0.25) is 0 Å². The molecule has 0 spiro atoms. The highest BCUT2D eigenvalue weighted by Gasteiger charge is 2.15. The number of imidazole rings is 2. The van der Waals surface area contributed by atoms with E-state index in [1.807, 2.05) is 48.5 Å². The van der Waals surface area contributed by atoms with Gasteiger partial charge in [0.1, 0.15) is 0 Å². The van der Waals surface area contributed by atoms with E-state index >= 15 is 0 Å². The minimum Gasteiger partial charge on any atom is -0.380 e. The smallest absolute Gasteiger partial charge is 0.166 e. The number of hydrogen-bond donors (Lipinski definition) is 2. The van der Waals surface area contributed by atoms with Crippen molar-refractivity contribution in [2.75, 3.05) is 24.7 Å². The van der Waals surface area contributed by atoms with E-state index in [4.69, 9.17) is 14.7 Å². The molecule has 0 saturated heterocycles. The number of benzene rings is 4. The fourth-order valence-corrected chi connectivity index (χ4v) is 6.02. The standard InChI is InChI=1S/C34H30N4OS2/c1-5-13-25(14-6-1)29-30(26-15-7-2-8-16-26)36-33(35-29)40-23-21-39-22-24-41-34-37-31(27-17-9-3-10-18-27)32(38-34)28-19-11-4-12-20-28/h1-20H,21-24H2,(H,35,36)(H,37,38). The van der Waals surface area contributed by atoms with Gasteiger partial charge in [-0.15, -0.1) is 0 Å². The van der Waals surface area contributed by atoms with E-state index in [0.717, 1.165) is 66.8 Å². The number of thioether (sulfide) groups is 2. The average Bonchev–Trinajstić information content (AvgIpc) is 3.67. The zero-order valence-electron chi connectivity index (χ0n) is 22.5. The van der Waals surface area contributed by atoms with Crippen LogP contribution in [-0.4, -0.2) is 44.7 Å². The molecule has 0 atom stereocenters. The average molecular weight is 575 g/mol. The second kappa shape index (κ2) is 13.5. The largest absolute Gasteiger partial charge is 0.380 e. The van der Waals surface area contributed by atoms with Crippen molar-refractivity contribution in [2.45, 2.75) is 10.3 Å². The lowest BCUT2D eigenvalue weighted by atomic mass is 10.1. The zero-order valence-corrected chi connectivity index (χ0v) is 24.1. The molecule has 0 fully saturated rings. The van der Waals surface area contributed by atoms with E-state index < -0.39 is 0 Å². The highest BCUT2D eigenvalue weighted by Crippen LogP contribution is 2.34. The van der Waals surface area contributed by atoms with Gasteiger partial charge < -0.3 is 14.7 Å². The van der Waals surface area contributed by atoms with Gasteiger partial charge in [-0.2, -0.15) is 0 Å². The molecule has 0 amide bonds. The Hall–Kier alpha value is -4.04. The van der Waals surface area contributed by atoms with Crippen LogP contribution in [0.2, 0.25) is 0 Å². The Bertz CT molecular complexity index is 1410. The Kier molecular flexibility index (Phi) is 8.97. The third-order valence-electron chi connectivity index (χ3n) is 6.52. The molecule has 0 aliphatic rings. The first-order chi connectivity index (χ1) is 20.3. The van der Waals surface area contributed by atoms with Crippen molar-refractivity contribution in [3.63, 3.8) is 0 Å². The van der Waals surface area contributed by atoms with Gasteiger partial charge >= 0.3 is 0 Å². The summed E-state index contributed by atoms with van der Waals surface area (Å²) in [4.78, 5) is 16.9. The summed E-state index contributed by atoms with van der Waals surface area (Å²) in [5.74, 6) is 1.63. The maximum absolute atomic E-state index is 5.96. The number of aromatic amines is 2. The first kappa shape index (κ1) is 27.1. The van der Waals surface area contributed by atoms with E-state index in [1.165, 1.54) is 0 Å². The second-order valence-corrected chi connectivity index (χ2v) is 11.5. The van der Waals surface area contributed by atoms with E-state index in [1.54, 1.807) is 23.5 Å². The van der Waals surface area contributed by atoms with Crippen molar-refractivity contribution in [1.29, 1.82) is 0 Å². The molecule has 4 aromatic carbocycles. The topological polar surface area (TPSA) is 66.6 Å². The minimum atomic E-state index is 0.649. The van der Waals surface area contributed by atoms with Gasteiger partial charge in [-0.1, -0.05) is 145 Å². The molecule has 204 valence electrons. The van der Waals surface area contributed by atoms with Gasteiger partial charge in [0, 0.05) is 33.8 Å². The molecular weight excluding hydrogens is 545 g/mol. The molecular formula is C34H30N4OS2. The molecule has 41 heavy (non-hydrogen) atoms. The molecule has 0 radical (unpaired) electrons. The predicted molar refractivity (Wildman–Crippen MR) is 171 cm³/mol. The summed E-state index contributed by atoms with van der Waals surface area (Å²) in [6.07, 6.45) is 0. The zero-order chi connectivity index (χ0) is 27.7. The summed E-state index contributed by atoms with van der Waals surface area (Å²) in [6.45, 7) is 1.30. The molecule has 0 unspecified atom stereocenters. The molecule has 5 nitrogen and oxygen atoms in total. The molecule has 7 heteroatoms. The van der Waals surface area contributed by atoms with Crippen molar-refractivity contribution in [3.05, 3.63) is 121 Å². The number of H-pyrrole nitrogens is 2. The Morgan fingerprint density at radius 1 is 0.463 bits per heavy atom. The highest BCUT2D eigenvalue weighted by molar-refractivity contribution is 7.99. The van der Waals surface area contributed by atoms with Gasteiger partial charge in [-0.05, 0) is 0 Å². The summed E-state index contributed by atoms with van der Waals surface area (Å²) in [6, 6.07) is 41.4. The summed E-state index contributed by atoms with van der Waals surface area (Å²) < 4.78 is 5.96. The summed E-state index contributed by atoms with van der Waals surface area (Å²) >= 11 is 3.37. The third kappa shape index (κ3) is 6.82. The predicted octanol–water partition coefficient (Wildman–Crippen LogP) is 8.70. The van der Waals surface area contributed by atoms with Crippen LogP contribution in [0.1, 0.15) is 0 Å². The molecule has 2 aromatic heterocycles. The molecule has 0 aliphatic heterocycles. The van der Waals surface area contributed by atoms with Gasteiger partial charge in [-0.25, -0.2) is 9.97 Å². The van der Waals surface area contributed by atoms with E-state index in [0.29, 0.717) is 13.2 Å². The number of hydrogen-bond acceptors (Lipinski definition) is 5. The van der Waals surface area contributed by atoms with Crippen molar-refractivity contribution < 1.29 is 4.74 Å². The number of nitrogens with one attached hydrogen (secondary N) is 2. The summed E-state index contributed by atoms with van der Waals surface area (Å²) in [5, 5.41) is 1.80. The van der Waals surface area contributed by atoms with Crippen LogP contribution in [0, 0.1) is 0 Å². The van der Waals surface area contributed by atoms with Gasteiger partial charge in [0.15, 0.2) is 10.3 Å². The van der Waals surface area contributed by atoms with Gasteiger partial charge in [0.25, 0.3) is 0 Å². The van der Waals surface area contributed by atoms with Crippen molar-refractivity contribution >= 4 is 23.5 Å². The first-order valence-electron chi connectivity index (χ1n) is 13.6. The molecule has 6 aromatic rings. The van der Waals surface area contributed by atoms with Gasteiger partial charge in [-0.3, -0.25) is 0 Å². The summed E-state index contributed by atoms with van der Waals surface area (Å²) in [5.41, 5.74) is 8.49. The van der Waals surface area contributed by atoms with E-state index in [-0.39, 0.29) is 0 Å². The van der Waals surface area contributed by atoms with Crippen LogP contribution in [0.3, 0.4) is 0 Å². The third-order valence-corrected chi connectivity index (χ3v) is 8.19. The van der Waals surface area contributed by atoms with Crippen molar-refractivity contribution in [3.8, 4) is 45.0 Å². The molecule has 2 heterocycles. The van der Waals surface area contributed by atoms with E-state index in [9.17, 15) is 0 Å². The fourth-order valence-electron chi connectivity index (χ4n) is 4.57. The van der Waals surface area contributed by atoms with Gasteiger partial charge in [0.05, 0.1) is 36.0 Å². The quantitative estimate of drug-likeness (QED) is 0.113. The lowest BCUT2D eigenvalue weighted by Gasteiger charge is -2.03. The molecule has 2 N–H and O–H groups in total. The van der Waals surface area contributed by atoms with Crippen LogP contribution in [0.15, 0.2) is 132 Å². The molecule has 0 saturated carbocycles. The number of nitrogens with zero attached hydrogens (tertiary/aromatic N) is 2. The first-order valence-corrected chi connectivity index (χ1v) is 15.6. The van der Waals surface area contributed by atoms with Crippen LogP contribution in [0.4, 0.5) is 0 Å². The number of rotatable bonds is 12. The normalized spacial score (nSPS) is 11.1. The molecule has 0 aliphatic carbocycles. The Morgan fingerprint density at radius 2 is 0.805 bits per heavy atom. The fraction of sp³-hybridized carbons (Fsp3) is 0.118.